The molecule has 5 rings (SSSR count). The molecule has 4 fully saturated rings. The van der Waals surface area contributed by atoms with Crippen LogP contribution in [-0.2, 0) is 12.8 Å². The van der Waals surface area contributed by atoms with E-state index < -0.39 is 0 Å². The van der Waals surface area contributed by atoms with E-state index in [1.165, 1.54) is 24.1 Å². The molecule has 4 aliphatic rings. The zero-order valence-corrected chi connectivity index (χ0v) is 14.4. The lowest BCUT2D eigenvalue weighted by Gasteiger charge is -2.59. The van der Waals surface area contributed by atoms with E-state index in [4.69, 9.17) is 0 Å². The van der Waals surface area contributed by atoms with Crippen LogP contribution in [-0.4, -0.2) is 4.98 Å². The molecule has 1 aromatic heterocycles. The fourth-order valence-electron chi connectivity index (χ4n) is 6.71. The summed E-state index contributed by atoms with van der Waals surface area (Å²) in [6.45, 7) is 4.68. The standard InChI is InChI=1S/C21H31N/c1-3-19(11-18-6-5-7-22-20(18)4-2)21-12-15-8-16(13-21)10-17(9-15)14-21/h5-7,15-17,19H,3-4,8-14H2,1-2H3. The first-order valence-corrected chi connectivity index (χ1v) is 9.65. The summed E-state index contributed by atoms with van der Waals surface area (Å²) in [4.78, 5) is 4.63. The van der Waals surface area contributed by atoms with E-state index in [1.54, 1.807) is 38.5 Å². The first-order chi connectivity index (χ1) is 10.7. The van der Waals surface area contributed by atoms with E-state index in [2.05, 4.69) is 31.0 Å². The van der Waals surface area contributed by atoms with Crippen LogP contribution in [0.5, 0.6) is 0 Å². The third kappa shape index (κ3) is 2.41. The second-order valence-corrected chi connectivity index (χ2v) is 8.55. The van der Waals surface area contributed by atoms with Gasteiger partial charge >= 0.3 is 0 Å². The molecular formula is C21H31N. The highest BCUT2D eigenvalue weighted by molar-refractivity contribution is 5.21. The van der Waals surface area contributed by atoms with E-state index in [9.17, 15) is 0 Å². The van der Waals surface area contributed by atoms with Gasteiger partial charge in [0.2, 0.25) is 0 Å². The fourth-order valence-corrected chi connectivity index (χ4v) is 6.71. The lowest BCUT2D eigenvalue weighted by molar-refractivity contribution is -0.0880. The van der Waals surface area contributed by atoms with Gasteiger partial charge in [-0.25, -0.2) is 0 Å². The molecule has 1 heteroatoms. The highest BCUT2D eigenvalue weighted by Gasteiger charge is 2.53. The van der Waals surface area contributed by atoms with Crippen LogP contribution in [0.15, 0.2) is 18.3 Å². The van der Waals surface area contributed by atoms with Gasteiger partial charge in [0, 0.05) is 11.9 Å². The Morgan fingerprint density at radius 3 is 2.27 bits per heavy atom. The number of hydrogen-bond acceptors (Lipinski definition) is 1. The summed E-state index contributed by atoms with van der Waals surface area (Å²) in [5, 5.41) is 0. The summed E-state index contributed by atoms with van der Waals surface area (Å²) in [5.41, 5.74) is 3.56. The highest BCUT2D eigenvalue weighted by Crippen LogP contribution is 2.63. The van der Waals surface area contributed by atoms with Crippen LogP contribution in [0.25, 0.3) is 0 Å². The van der Waals surface area contributed by atoms with Crippen molar-refractivity contribution in [1.29, 1.82) is 0 Å². The minimum absolute atomic E-state index is 0.685. The molecule has 4 aliphatic carbocycles. The van der Waals surface area contributed by atoms with Crippen LogP contribution < -0.4 is 0 Å². The third-order valence-corrected chi connectivity index (χ3v) is 7.23. The molecule has 1 heterocycles. The summed E-state index contributed by atoms with van der Waals surface area (Å²) in [6, 6.07) is 4.48. The third-order valence-electron chi connectivity index (χ3n) is 7.23. The van der Waals surface area contributed by atoms with Crippen molar-refractivity contribution >= 4 is 0 Å². The van der Waals surface area contributed by atoms with Crippen molar-refractivity contribution in [3.8, 4) is 0 Å². The summed E-state index contributed by atoms with van der Waals surface area (Å²) in [6.07, 6.45) is 15.0. The molecule has 0 radical (unpaired) electrons. The number of aryl methyl sites for hydroxylation is 1. The molecule has 4 saturated carbocycles. The molecule has 0 N–H and O–H groups in total. The Morgan fingerprint density at radius 1 is 1.09 bits per heavy atom. The van der Waals surface area contributed by atoms with Crippen molar-refractivity contribution in [1.82, 2.24) is 4.98 Å². The maximum atomic E-state index is 4.63. The van der Waals surface area contributed by atoms with Gasteiger partial charge in [-0.05, 0) is 92.1 Å². The SMILES string of the molecule is CCc1ncccc1CC(CC)C12CC3CC(CC(C3)C1)C2. The van der Waals surface area contributed by atoms with Crippen LogP contribution >= 0.6 is 0 Å². The van der Waals surface area contributed by atoms with E-state index in [1.807, 2.05) is 6.20 Å². The second kappa shape index (κ2) is 5.65. The molecule has 1 aromatic rings. The normalized spacial score (nSPS) is 37.5. The Labute approximate surface area is 135 Å². The quantitative estimate of drug-likeness (QED) is 0.706. The van der Waals surface area contributed by atoms with Gasteiger partial charge in [0.25, 0.3) is 0 Å². The minimum atomic E-state index is 0.685. The van der Waals surface area contributed by atoms with Gasteiger partial charge < -0.3 is 0 Å². The molecule has 1 unspecified atom stereocenters. The molecule has 0 aromatic carbocycles. The van der Waals surface area contributed by atoms with Crippen LogP contribution in [0.1, 0.15) is 70.1 Å². The maximum Gasteiger partial charge on any atom is 0.0432 e. The Morgan fingerprint density at radius 2 is 1.73 bits per heavy atom. The molecular weight excluding hydrogens is 266 g/mol. The number of pyridine rings is 1. The molecule has 0 saturated heterocycles. The van der Waals surface area contributed by atoms with Crippen molar-refractivity contribution in [3.63, 3.8) is 0 Å². The smallest absolute Gasteiger partial charge is 0.0432 e. The summed E-state index contributed by atoms with van der Waals surface area (Å²) in [7, 11) is 0. The number of aromatic nitrogens is 1. The minimum Gasteiger partial charge on any atom is -0.261 e. The summed E-state index contributed by atoms with van der Waals surface area (Å²) in [5.74, 6) is 4.09. The first-order valence-electron chi connectivity index (χ1n) is 9.65. The van der Waals surface area contributed by atoms with Gasteiger partial charge in [0.1, 0.15) is 0 Å². The predicted octanol–water partition coefficient (Wildman–Crippen LogP) is 5.43. The van der Waals surface area contributed by atoms with Gasteiger partial charge in [-0.3, -0.25) is 4.98 Å². The van der Waals surface area contributed by atoms with Crippen LogP contribution in [0.2, 0.25) is 0 Å². The molecule has 1 nitrogen and oxygen atoms in total. The molecule has 22 heavy (non-hydrogen) atoms. The molecule has 120 valence electrons. The number of hydrogen-bond donors (Lipinski definition) is 0. The van der Waals surface area contributed by atoms with E-state index in [-0.39, 0.29) is 0 Å². The largest absolute Gasteiger partial charge is 0.261 e. The molecule has 0 spiro atoms. The Kier molecular flexibility index (Phi) is 3.78. The van der Waals surface area contributed by atoms with Gasteiger partial charge in [-0.1, -0.05) is 26.3 Å². The van der Waals surface area contributed by atoms with Gasteiger partial charge in [-0.15, -0.1) is 0 Å². The van der Waals surface area contributed by atoms with Gasteiger partial charge in [-0.2, -0.15) is 0 Å². The zero-order chi connectivity index (χ0) is 15.2. The van der Waals surface area contributed by atoms with Gasteiger partial charge in [0.05, 0.1) is 0 Å². The maximum absolute atomic E-state index is 4.63. The van der Waals surface area contributed by atoms with Crippen molar-refractivity contribution in [2.24, 2.45) is 29.1 Å². The van der Waals surface area contributed by atoms with E-state index in [0.29, 0.717) is 5.41 Å². The van der Waals surface area contributed by atoms with Gasteiger partial charge in [0.15, 0.2) is 0 Å². The zero-order valence-electron chi connectivity index (χ0n) is 14.4. The Hall–Kier alpha value is -0.850. The van der Waals surface area contributed by atoms with Crippen LogP contribution in [0.3, 0.4) is 0 Å². The Bertz CT molecular complexity index is 497. The van der Waals surface area contributed by atoms with E-state index in [0.717, 1.165) is 30.1 Å². The van der Waals surface area contributed by atoms with Crippen molar-refractivity contribution in [2.75, 3.05) is 0 Å². The molecule has 1 atom stereocenters. The molecule has 0 amide bonds. The molecule has 0 aliphatic heterocycles. The number of nitrogens with zero attached hydrogens (tertiary/aromatic N) is 1. The van der Waals surface area contributed by atoms with Crippen molar-refractivity contribution in [2.45, 2.75) is 71.6 Å². The predicted molar refractivity (Wildman–Crippen MR) is 91.7 cm³/mol. The average Bonchev–Trinajstić information content (AvgIpc) is 2.51. The monoisotopic (exact) mass is 297 g/mol. The summed E-state index contributed by atoms with van der Waals surface area (Å²) < 4.78 is 0. The topological polar surface area (TPSA) is 12.9 Å². The fraction of sp³-hybridized carbons (Fsp3) is 0.762. The summed E-state index contributed by atoms with van der Waals surface area (Å²) >= 11 is 0. The average molecular weight is 297 g/mol. The van der Waals surface area contributed by atoms with E-state index >= 15 is 0 Å². The lowest BCUT2D eigenvalue weighted by Crippen LogP contribution is -2.50. The lowest BCUT2D eigenvalue weighted by atomic mass is 9.46. The highest BCUT2D eigenvalue weighted by atomic mass is 14.7. The molecule has 4 bridgehead atoms. The van der Waals surface area contributed by atoms with Crippen LogP contribution in [0.4, 0.5) is 0 Å². The Balaban J connectivity index is 1.59. The number of rotatable bonds is 5. The van der Waals surface area contributed by atoms with Crippen molar-refractivity contribution in [3.05, 3.63) is 29.6 Å². The second-order valence-electron chi connectivity index (χ2n) is 8.55. The first kappa shape index (κ1) is 14.7. The van der Waals surface area contributed by atoms with Crippen LogP contribution in [0, 0.1) is 29.1 Å². The van der Waals surface area contributed by atoms with Crippen molar-refractivity contribution < 1.29 is 0 Å².